The van der Waals surface area contributed by atoms with Gasteiger partial charge in [0.2, 0.25) is 0 Å². The lowest BCUT2D eigenvalue weighted by atomic mass is 10.4. The largest absolute Gasteiger partial charge is 0.302 e. The van der Waals surface area contributed by atoms with Crippen LogP contribution < -0.4 is 5.48 Å². The van der Waals surface area contributed by atoms with E-state index in [1.165, 1.54) is 8.66 Å². The van der Waals surface area contributed by atoms with E-state index in [4.69, 9.17) is 4.84 Å². The molecule has 0 aromatic carbocycles. The maximum atomic E-state index is 4.99. The fourth-order valence-corrected chi connectivity index (χ4v) is 2.20. The Morgan fingerprint density at radius 3 is 3.00 bits per heavy atom. The Hall–Kier alpha value is 0.1000. The Morgan fingerprint density at radius 2 is 2.45 bits per heavy atom. The van der Waals surface area contributed by atoms with Crippen LogP contribution in [0.3, 0.4) is 0 Å². The van der Waals surface area contributed by atoms with Crippen molar-refractivity contribution in [1.29, 1.82) is 0 Å². The highest BCUT2D eigenvalue weighted by molar-refractivity contribution is 9.11. The Kier molecular flexibility index (Phi) is 4.07. The zero-order valence-electron chi connectivity index (χ0n) is 6.26. The molecule has 62 valence electrons. The van der Waals surface area contributed by atoms with E-state index >= 15 is 0 Å². The van der Waals surface area contributed by atoms with Gasteiger partial charge in [0.15, 0.2) is 0 Å². The molecule has 1 N–H and O–H groups in total. The molecule has 0 saturated carbocycles. The van der Waals surface area contributed by atoms with Gasteiger partial charge in [-0.15, -0.1) is 11.3 Å². The number of nitrogens with one attached hydrogen (secondary N) is 1. The molecule has 0 saturated heterocycles. The number of hydroxylamine groups is 1. The molecule has 0 spiro atoms. The summed E-state index contributed by atoms with van der Waals surface area (Å²) in [5.74, 6) is 0. The third-order valence-corrected chi connectivity index (χ3v) is 2.91. The molecule has 1 aromatic heterocycles. The van der Waals surface area contributed by atoms with E-state index in [1.807, 2.05) is 0 Å². The monoisotopic (exact) mass is 235 g/mol. The van der Waals surface area contributed by atoms with Gasteiger partial charge in [-0.1, -0.05) is 0 Å². The standard InChI is InChI=1S/C7H10BrNOS/c1-9-10-5-4-6-2-3-7(8)11-6/h2-3,9H,4-5H2,1H3. The molecule has 1 heterocycles. The Bertz CT molecular complexity index is 214. The van der Waals surface area contributed by atoms with E-state index in [9.17, 15) is 0 Å². The predicted octanol–water partition coefficient (Wildman–Crippen LogP) is 2.20. The van der Waals surface area contributed by atoms with Gasteiger partial charge in [-0.25, -0.2) is 5.48 Å². The van der Waals surface area contributed by atoms with Gasteiger partial charge in [0.25, 0.3) is 0 Å². The van der Waals surface area contributed by atoms with E-state index in [0.29, 0.717) is 0 Å². The molecule has 2 nitrogen and oxygen atoms in total. The van der Waals surface area contributed by atoms with Crippen LogP contribution in [-0.4, -0.2) is 13.7 Å². The summed E-state index contributed by atoms with van der Waals surface area (Å²) >= 11 is 5.15. The summed E-state index contributed by atoms with van der Waals surface area (Å²) in [5, 5.41) is 0. The van der Waals surface area contributed by atoms with Crippen LogP contribution in [0.5, 0.6) is 0 Å². The summed E-state index contributed by atoms with van der Waals surface area (Å²) < 4.78 is 1.18. The molecule has 0 unspecified atom stereocenters. The van der Waals surface area contributed by atoms with Gasteiger partial charge >= 0.3 is 0 Å². The van der Waals surface area contributed by atoms with E-state index in [0.717, 1.165) is 13.0 Å². The molecular weight excluding hydrogens is 226 g/mol. The summed E-state index contributed by atoms with van der Waals surface area (Å²) in [6, 6.07) is 4.16. The Labute approximate surface area is 78.7 Å². The predicted molar refractivity (Wildman–Crippen MR) is 50.7 cm³/mol. The molecule has 0 amide bonds. The van der Waals surface area contributed by atoms with Crippen molar-refractivity contribution in [2.75, 3.05) is 13.7 Å². The van der Waals surface area contributed by atoms with Crippen LogP contribution in [0.1, 0.15) is 4.88 Å². The first kappa shape index (κ1) is 9.19. The van der Waals surface area contributed by atoms with Crippen LogP contribution in [-0.2, 0) is 11.3 Å². The molecule has 0 bridgehead atoms. The summed E-state index contributed by atoms with van der Waals surface area (Å²) in [5.41, 5.74) is 2.64. The fourth-order valence-electron chi connectivity index (χ4n) is 0.740. The molecule has 0 fully saturated rings. The Morgan fingerprint density at radius 1 is 1.64 bits per heavy atom. The highest BCUT2D eigenvalue weighted by Crippen LogP contribution is 2.22. The third-order valence-electron chi connectivity index (χ3n) is 1.22. The van der Waals surface area contributed by atoms with Gasteiger partial charge in [-0.05, 0) is 28.1 Å². The lowest BCUT2D eigenvalue weighted by Gasteiger charge is -1.97. The van der Waals surface area contributed by atoms with Gasteiger partial charge in [-0.2, -0.15) is 0 Å². The third kappa shape index (κ3) is 3.33. The minimum absolute atomic E-state index is 0.726. The van der Waals surface area contributed by atoms with Crippen molar-refractivity contribution < 1.29 is 4.84 Å². The van der Waals surface area contributed by atoms with Crippen molar-refractivity contribution in [3.05, 3.63) is 20.8 Å². The van der Waals surface area contributed by atoms with Crippen molar-refractivity contribution >= 4 is 27.3 Å². The van der Waals surface area contributed by atoms with Crippen molar-refractivity contribution in [3.8, 4) is 0 Å². The molecule has 0 aliphatic rings. The van der Waals surface area contributed by atoms with E-state index < -0.39 is 0 Å². The highest BCUT2D eigenvalue weighted by atomic mass is 79.9. The number of hydrogen-bond acceptors (Lipinski definition) is 3. The molecule has 0 radical (unpaired) electrons. The first-order chi connectivity index (χ1) is 5.33. The summed E-state index contributed by atoms with van der Waals surface area (Å²) in [7, 11) is 1.77. The minimum Gasteiger partial charge on any atom is -0.302 e. The SMILES string of the molecule is CNOCCc1ccc(Br)s1. The molecule has 1 aromatic rings. The molecular formula is C7H10BrNOS. The van der Waals surface area contributed by atoms with Gasteiger partial charge in [0, 0.05) is 18.3 Å². The zero-order chi connectivity index (χ0) is 8.10. The average Bonchev–Trinajstić information content (AvgIpc) is 2.37. The van der Waals surface area contributed by atoms with E-state index in [2.05, 4.69) is 33.5 Å². The average molecular weight is 236 g/mol. The van der Waals surface area contributed by atoms with E-state index in [1.54, 1.807) is 18.4 Å². The van der Waals surface area contributed by atoms with Crippen molar-refractivity contribution in [1.82, 2.24) is 5.48 Å². The van der Waals surface area contributed by atoms with Gasteiger partial charge in [0.1, 0.15) is 0 Å². The topological polar surface area (TPSA) is 21.3 Å². The first-order valence-corrected chi connectivity index (χ1v) is 4.96. The number of hydrogen-bond donors (Lipinski definition) is 1. The van der Waals surface area contributed by atoms with Crippen LogP contribution in [0.15, 0.2) is 15.9 Å². The van der Waals surface area contributed by atoms with Crippen LogP contribution in [0.25, 0.3) is 0 Å². The van der Waals surface area contributed by atoms with Crippen molar-refractivity contribution in [3.63, 3.8) is 0 Å². The normalized spacial score (nSPS) is 10.4. The quantitative estimate of drug-likeness (QED) is 0.639. The second-order valence-electron chi connectivity index (χ2n) is 2.01. The maximum Gasteiger partial charge on any atom is 0.0730 e. The van der Waals surface area contributed by atoms with Crippen molar-refractivity contribution in [2.45, 2.75) is 6.42 Å². The molecule has 11 heavy (non-hydrogen) atoms. The minimum atomic E-state index is 0.726. The van der Waals surface area contributed by atoms with Gasteiger partial charge in [0.05, 0.1) is 10.4 Å². The lowest BCUT2D eigenvalue weighted by Crippen LogP contribution is -2.09. The molecule has 0 atom stereocenters. The fraction of sp³-hybridized carbons (Fsp3) is 0.429. The maximum absolute atomic E-state index is 4.99. The number of thiophene rings is 1. The second kappa shape index (κ2) is 4.87. The summed E-state index contributed by atoms with van der Waals surface area (Å²) in [6.45, 7) is 0.726. The molecule has 4 heteroatoms. The Balaban J connectivity index is 2.27. The number of halogens is 1. The lowest BCUT2D eigenvalue weighted by molar-refractivity contribution is 0.0607. The highest BCUT2D eigenvalue weighted by Gasteiger charge is 1.96. The van der Waals surface area contributed by atoms with Crippen LogP contribution in [0, 0.1) is 0 Å². The summed E-state index contributed by atoms with van der Waals surface area (Å²) in [6.07, 6.45) is 0.969. The zero-order valence-corrected chi connectivity index (χ0v) is 8.67. The number of rotatable bonds is 4. The molecule has 0 aliphatic heterocycles. The van der Waals surface area contributed by atoms with Gasteiger partial charge in [-0.3, -0.25) is 0 Å². The van der Waals surface area contributed by atoms with Crippen LogP contribution in [0.4, 0.5) is 0 Å². The molecule has 1 rings (SSSR count). The second-order valence-corrected chi connectivity index (χ2v) is 4.56. The van der Waals surface area contributed by atoms with E-state index in [-0.39, 0.29) is 0 Å². The molecule has 0 aliphatic carbocycles. The van der Waals surface area contributed by atoms with Gasteiger partial charge < -0.3 is 4.84 Å². The first-order valence-electron chi connectivity index (χ1n) is 3.35. The van der Waals surface area contributed by atoms with Crippen LogP contribution >= 0.6 is 27.3 Å². The van der Waals surface area contributed by atoms with Crippen molar-refractivity contribution in [2.24, 2.45) is 0 Å². The van der Waals surface area contributed by atoms with Crippen LogP contribution in [0.2, 0.25) is 0 Å². The smallest absolute Gasteiger partial charge is 0.0730 e. The summed E-state index contributed by atoms with van der Waals surface area (Å²) in [4.78, 5) is 6.33.